The second kappa shape index (κ2) is 9.62. The van der Waals surface area contributed by atoms with Crippen LogP contribution in [0.5, 0.6) is 0 Å². The van der Waals surface area contributed by atoms with Gasteiger partial charge in [-0.1, -0.05) is 56.3 Å². The maximum absolute atomic E-state index is 11.9. The topological polar surface area (TPSA) is 55.4 Å². The monoisotopic (exact) mass is 339 g/mol. The van der Waals surface area contributed by atoms with Gasteiger partial charge in [0.05, 0.1) is 5.56 Å². The predicted octanol–water partition coefficient (Wildman–Crippen LogP) is 3.72. The van der Waals surface area contributed by atoms with Crippen molar-refractivity contribution in [1.82, 2.24) is 5.32 Å². The lowest BCUT2D eigenvalue weighted by atomic mass is 10.0. The lowest BCUT2D eigenvalue weighted by molar-refractivity contribution is -0.124. The number of hydrogen-bond acceptors (Lipinski definition) is 3. The maximum atomic E-state index is 11.9. The number of benzene rings is 2. The molecule has 0 bridgehead atoms. The Morgan fingerprint density at radius 1 is 1.00 bits per heavy atom. The van der Waals surface area contributed by atoms with E-state index in [4.69, 9.17) is 4.74 Å². The van der Waals surface area contributed by atoms with Gasteiger partial charge in [-0.2, -0.15) is 0 Å². The van der Waals surface area contributed by atoms with Crippen LogP contribution in [0.25, 0.3) is 0 Å². The van der Waals surface area contributed by atoms with Crippen LogP contribution >= 0.6 is 0 Å². The van der Waals surface area contributed by atoms with E-state index in [1.807, 2.05) is 30.3 Å². The van der Waals surface area contributed by atoms with E-state index in [0.29, 0.717) is 18.0 Å². The fourth-order valence-electron chi connectivity index (χ4n) is 2.43. The standard InChI is InChI=1S/C21H25NO3/c1-16(2)18-10-12-19(13-11-18)21(24)25-15-20(23)22-14-6-9-17-7-4-3-5-8-17/h3-5,7-8,10-13,16H,6,9,14-15H2,1-2H3,(H,22,23). The van der Waals surface area contributed by atoms with Gasteiger partial charge in [0, 0.05) is 6.54 Å². The van der Waals surface area contributed by atoms with Gasteiger partial charge < -0.3 is 10.1 Å². The zero-order valence-corrected chi connectivity index (χ0v) is 14.8. The zero-order chi connectivity index (χ0) is 18.1. The Labute approximate surface area is 149 Å². The normalized spacial score (nSPS) is 10.5. The van der Waals surface area contributed by atoms with Gasteiger partial charge >= 0.3 is 5.97 Å². The molecule has 4 heteroatoms. The van der Waals surface area contributed by atoms with Crippen LogP contribution in [0.3, 0.4) is 0 Å². The number of aryl methyl sites for hydroxylation is 1. The van der Waals surface area contributed by atoms with E-state index in [1.54, 1.807) is 12.1 Å². The molecular weight excluding hydrogens is 314 g/mol. The first-order valence-electron chi connectivity index (χ1n) is 8.64. The molecule has 0 aromatic heterocycles. The maximum Gasteiger partial charge on any atom is 0.338 e. The second-order valence-electron chi connectivity index (χ2n) is 6.29. The number of rotatable bonds is 8. The molecule has 0 atom stereocenters. The summed E-state index contributed by atoms with van der Waals surface area (Å²) in [6.07, 6.45) is 1.75. The molecular formula is C21H25NO3. The van der Waals surface area contributed by atoms with Crippen molar-refractivity contribution in [2.45, 2.75) is 32.6 Å². The van der Waals surface area contributed by atoms with E-state index in [9.17, 15) is 9.59 Å². The van der Waals surface area contributed by atoms with Crippen LogP contribution in [0.1, 0.15) is 47.7 Å². The Balaban J connectivity index is 1.66. The summed E-state index contributed by atoms with van der Waals surface area (Å²) in [7, 11) is 0. The lowest BCUT2D eigenvalue weighted by Crippen LogP contribution is -2.29. The van der Waals surface area contributed by atoms with Crippen molar-refractivity contribution in [3.8, 4) is 0 Å². The van der Waals surface area contributed by atoms with Crippen LogP contribution in [0, 0.1) is 0 Å². The van der Waals surface area contributed by atoms with E-state index in [2.05, 4.69) is 31.3 Å². The SMILES string of the molecule is CC(C)c1ccc(C(=O)OCC(=O)NCCCc2ccccc2)cc1. The van der Waals surface area contributed by atoms with Crippen molar-refractivity contribution >= 4 is 11.9 Å². The summed E-state index contributed by atoms with van der Waals surface area (Å²) in [4.78, 5) is 23.7. The van der Waals surface area contributed by atoms with Gasteiger partial charge in [-0.15, -0.1) is 0 Å². The molecule has 2 rings (SSSR count). The molecule has 0 unspecified atom stereocenters. The Bertz CT molecular complexity index is 678. The summed E-state index contributed by atoms with van der Waals surface area (Å²) in [5.41, 5.74) is 2.86. The molecule has 25 heavy (non-hydrogen) atoms. The third kappa shape index (κ3) is 6.42. The molecule has 0 aliphatic heterocycles. The quantitative estimate of drug-likeness (QED) is 0.589. The molecule has 132 valence electrons. The summed E-state index contributed by atoms with van der Waals surface area (Å²) in [6.45, 7) is 4.50. The average molecular weight is 339 g/mol. The molecule has 0 heterocycles. The summed E-state index contributed by atoms with van der Waals surface area (Å²) >= 11 is 0. The van der Waals surface area contributed by atoms with Crippen molar-refractivity contribution in [3.05, 3.63) is 71.3 Å². The highest BCUT2D eigenvalue weighted by Crippen LogP contribution is 2.15. The molecule has 0 saturated carbocycles. The van der Waals surface area contributed by atoms with Crippen LogP contribution in [-0.4, -0.2) is 25.0 Å². The van der Waals surface area contributed by atoms with Crippen LogP contribution in [0.2, 0.25) is 0 Å². The number of amides is 1. The van der Waals surface area contributed by atoms with Crippen molar-refractivity contribution in [1.29, 1.82) is 0 Å². The number of nitrogens with one attached hydrogen (secondary N) is 1. The van der Waals surface area contributed by atoms with Gasteiger partial charge in [0.1, 0.15) is 0 Å². The Hall–Kier alpha value is -2.62. The minimum atomic E-state index is -0.477. The molecule has 0 aliphatic rings. The fraction of sp³-hybridized carbons (Fsp3) is 0.333. The lowest BCUT2D eigenvalue weighted by Gasteiger charge is -2.08. The first kappa shape index (κ1) is 18.7. The molecule has 1 N–H and O–H groups in total. The molecule has 0 radical (unpaired) electrons. The summed E-state index contributed by atoms with van der Waals surface area (Å²) in [5, 5.41) is 2.77. The molecule has 4 nitrogen and oxygen atoms in total. The van der Waals surface area contributed by atoms with Crippen LogP contribution in [0.15, 0.2) is 54.6 Å². The minimum absolute atomic E-state index is 0.254. The van der Waals surface area contributed by atoms with Crippen LogP contribution in [-0.2, 0) is 16.0 Å². The number of carbonyl (C=O) groups is 2. The highest BCUT2D eigenvalue weighted by atomic mass is 16.5. The van der Waals surface area contributed by atoms with Crippen molar-refractivity contribution in [2.24, 2.45) is 0 Å². The van der Waals surface area contributed by atoms with Gasteiger partial charge in [-0.25, -0.2) is 4.79 Å². The molecule has 0 saturated heterocycles. The predicted molar refractivity (Wildman–Crippen MR) is 98.6 cm³/mol. The Morgan fingerprint density at radius 3 is 2.32 bits per heavy atom. The van der Waals surface area contributed by atoms with Crippen LogP contribution in [0.4, 0.5) is 0 Å². The number of hydrogen-bond donors (Lipinski definition) is 1. The van der Waals surface area contributed by atoms with Gasteiger partial charge in [-0.3, -0.25) is 4.79 Å². The highest BCUT2D eigenvalue weighted by molar-refractivity contribution is 5.91. The molecule has 0 spiro atoms. The van der Waals surface area contributed by atoms with Crippen LogP contribution < -0.4 is 5.32 Å². The number of esters is 1. The zero-order valence-electron chi connectivity index (χ0n) is 14.8. The smallest absolute Gasteiger partial charge is 0.338 e. The molecule has 0 aliphatic carbocycles. The van der Waals surface area contributed by atoms with Gasteiger partial charge in [-0.05, 0) is 42.0 Å². The first-order chi connectivity index (χ1) is 12.1. The second-order valence-corrected chi connectivity index (χ2v) is 6.29. The number of ether oxygens (including phenoxy) is 1. The molecule has 0 fully saturated rings. The van der Waals surface area contributed by atoms with Crippen molar-refractivity contribution in [3.63, 3.8) is 0 Å². The van der Waals surface area contributed by atoms with Gasteiger partial charge in [0.2, 0.25) is 0 Å². The van der Waals surface area contributed by atoms with Gasteiger partial charge in [0.15, 0.2) is 6.61 Å². The van der Waals surface area contributed by atoms with E-state index in [-0.39, 0.29) is 12.5 Å². The van der Waals surface area contributed by atoms with E-state index < -0.39 is 5.97 Å². The highest BCUT2D eigenvalue weighted by Gasteiger charge is 2.10. The molecule has 1 amide bonds. The largest absolute Gasteiger partial charge is 0.452 e. The van der Waals surface area contributed by atoms with E-state index in [1.165, 1.54) is 5.56 Å². The summed E-state index contributed by atoms with van der Waals surface area (Å²) < 4.78 is 5.05. The Morgan fingerprint density at radius 2 is 1.68 bits per heavy atom. The van der Waals surface area contributed by atoms with E-state index in [0.717, 1.165) is 18.4 Å². The molecule has 2 aromatic carbocycles. The van der Waals surface area contributed by atoms with E-state index >= 15 is 0 Å². The van der Waals surface area contributed by atoms with Gasteiger partial charge in [0.25, 0.3) is 5.91 Å². The summed E-state index contributed by atoms with van der Waals surface area (Å²) in [5.74, 6) is -0.346. The fourth-order valence-corrected chi connectivity index (χ4v) is 2.43. The third-order valence-electron chi connectivity index (χ3n) is 3.95. The Kier molecular flexibility index (Phi) is 7.20. The first-order valence-corrected chi connectivity index (χ1v) is 8.64. The third-order valence-corrected chi connectivity index (χ3v) is 3.95. The average Bonchev–Trinajstić information content (AvgIpc) is 2.64. The number of carbonyl (C=O) groups excluding carboxylic acids is 2. The summed E-state index contributed by atoms with van der Waals surface area (Å²) in [6, 6.07) is 17.4. The van der Waals surface area contributed by atoms with Crippen molar-refractivity contribution < 1.29 is 14.3 Å². The molecule has 2 aromatic rings. The minimum Gasteiger partial charge on any atom is -0.452 e. The van der Waals surface area contributed by atoms with Crippen molar-refractivity contribution in [2.75, 3.05) is 13.2 Å².